The number of hydrogen-bond donors (Lipinski definition) is 1. The Morgan fingerprint density at radius 3 is 2.46 bits per heavy atom. The quantitative estimate of drug-likeness (QED) is 0.438. The minimum Gasteiger partial charge on any atom is -0.458 e. The lowest BCUT2D eigenvalue weighted by molar-refractivity contribution is -0.147. The van der Waals surface area contributed by atoms with Gasteiger partial charge in [0, 0.05) is 40.9 Å². The number of amides is 2. The van der Waals surface area contributed by atoms with Crippen LogP contribution in [0.25, 0.3) is 0 Å². The Kier molecular flexibility index (Phi) is 7.22. The molecule has 1 N–H and O–H groups in total. The topological polar surface area (TPSA) is 75.7 Å². The molecule has 0 fully saturated rings. The molecule has 2 amide bonds. The summed E-state index contributed by atoms with van der Waals surface area (Å²) in [4.78, 5) is 39.7. The Balaban J connectivity index is 1.60. The summed E-state index contributed by atoms with van der Waals surface area (Å²) in [6.45, 7) is 5.59. The third kappa shape index (κ3) is 5.38. The summed E-state index contributed by atoms with van der Waals surface area (Å²) in [5, 5.41) is 3.43. The number of hydrogen-bond acceptors (Lipinski definition) is 4. The average molecular weight is 491 g/mol. The number of carbonyl (C=O) groups is 3. The minimum absolute atomic E-state index is 0.161. The van der Waals surface area contributed by atoms with E-state index in [0.717, 1.165) is 16.7 Å². The lowest BCUT2D eigenvalue weighted by Crippen LogP contribution is -2.32. The molecule has 3 aromatic carbocycles. The fraction of sp³-hybridized carbons (Fsp3) is 0.250. The van der Waals surface area contributed by atoms with Crippen LogP contribution in [0.2, 0.25) is 5.02 Å². The molecule has 1 unspecified atom stereocenters. The van der Waals surface area contributed by atoms with Gasteiger partial charge in [0.15, 0.2) is 0 Å². The largest absolute Gasteiger partial charge is 0.458 e. The van der Waals surface area contributed by atoms with Gasteiger partial charge in [0.1, 0.15) is 6.10 Å². The molecular formula is C28H27ClN2O4. The van der Waals surface area contributed by atoms with Crippen LogP contribution in [0.5, 0.6) is 0 Å². The van der Waals surface area contributed by atoms with Crippen LogP contribution < -0.4 is 10.2 Å². The maximum absolute atomic E-state index is 13.6. The number of carbonyl (C=O) groups excluding carboxylic acids is 3. The molecule has 3 aromatic rings. The van der Waals surface area contributed by atoms with Crippen molar-refractivity contribution in [3.63, 3.8) is 0 Å². The standard InChI is InChI=1S/C28H27ClN2O4/c1-17-7-4-5-8-22(17)27(33)30-21-11-12-23(18(2)15-21)28(34)31-14-6-9-26(35-19(3)32)24-16-20(29)10-13-25(24)31/h4-5,7-8,10-13,15-16,26H,6,9,14H2,1-3H3,(H,30,33). The van der Waals surface area contributed by atoms with Crippen molar-refractivity contribution < 1.29 is 19.1 Å². The fourth-order valence-corrected chi connectivity index (χ4v) is 4.61. The van der Waals surface area contributed by atoms with Crippen LogP contribution in [0.1, 0.15) is 63.3 Å². The second-order valence-corrected chi connectivity index (χ2v) is 9.14. The highest BCUT2D eigenvalue weighted by Gasteiger charge is 2.29. The summed E-state index contributed by atoms with van der Waals surface area (Å²) < 4.78 is 5.53. The number of fused-ring (bicyclic) bond motifs is 1. The normalized spacial score (nSPS) is 15.1. The molecule has 0 saturated heterocycles. The SMILES string of the molecule is CC(=O)OC1CCCN(C(=O)c2ccc(NC(=O)c3ccccc3C)cc2C)c2ccc(Cl)cc21. The number of anilines is 2. The van der Waals surface area contributed by atoms with Crippen molar-refractivity contribution >= 4 is 40.8 Å². The molecule has 0 spiro atoms. The lowest BCUT2D eigenvalue weighted by Gasteiger charge is -2.25. The number of esters is 1. The average Bonchev–Trinajstić information content (AvgIpc) is 2.98. The first-order valence-electron chi connectivity index (χ1n) is 11.5. The van der Waals surface area contributed by atoms with E-state index >= 15 is 0 Å². The molecule has 0 bridgehead atoms. The van der Waals surface area contributed by atoms with E-state index in [4.69, 9.17) is 16.3 Å². The maximum atomic E-state index is 13.6. The van der Waals surface area contributed by atoms with Crippen molar-refractivity contribution in [2.75, 3.05) is 16.8 Å². The van der Waals surface area contributed by atoms with Crippen molar-refractivity contribution in [1.82, 2.24) is 0 Å². The first kappa shape index (κ1) is 24.5. The summed E-state index contributed by atoms with van der Waals surface area (Å²) in [6.07, 6.45) is 0.804. The molecule has 4 rings (SSSR count). The van der Waals surface area contributed by atoms with Gasteiger partial charge in [-0.25, -0.2) is 0 Å². The molecule has 0 radical (unpaired) electrons. The molecule has 35 heavy (non-hydrogen) atoms. The monoisotopic (exact) mass is 490 g/mol. The van der Waals surface area contributed by atoms with Gasteiger partial charge in [-0.05, 0) is 80.3 Å². The number of ether oxygens (including phenoxy) is 1. The highest BCUT2D eigenvalue weighted by molar-refractivity contribution is 6.30. The Morgan fingerprint density at radius 1 is 0.971 bits per heavy atom. The van der Waals surface area contributed by atoms with Crippen LogP contribution in [-0.2, 0) is 9.53 Å². The molecule has 1 heterocycles. The van der Waals surface area contributed by atoms with E-state index in [1.54, 1.807) is 47.4 Å². The number of rotatable bonds is 4. The minimum atomic E-state index is -0.459. The summed E-state index contributed by atoms with van der Waals surface area (Å²) in [7, 11) is 0. The van der Waals surface area contributed by atoms with Gasteiger partial charge in [-0.15, -0.1) is 0 Å². The van der Waals surface area contributed by atoms with Gasteiger partial charge in [0.2, 0.25) is 0 Å². The summed E-state index contributed by atoms with van der Waals surface area (Å²) >= 11 is 6.24. The Bertz CT molecular complexity index is 1300. The predicted octanol–water partition coefficient (Wildman–Crippen LogP) is 6.25. The summed E-state index contributed by atoms with van der Waals surface area (Å²) in [5.74, 6) is -0.734. The van der Waals surface area contributed by atoms with Crippen molar-refractivity contribution in [3.8, 4) is 0 Å². The van der Waals surface area contributed by atoms with Gasteiger partial charge >= 0.3 is 5.97 Å². The predicted molar refractivity (Wildman–Crippen MR) is 137 cm³/mol. The summed E-state index contributed by atoms with van der Waals surface area (Å²) in [5.41, 5.74) is 4.79. The molecule has 1 atom stereocenters. The second kappa shape index (κ2) is 10.3. The van der Waals surface area contributed by atoms with Gasteiger partial charge in [0.05, 0.1) is 5.69 Å². The van der Waals surface area contributed by atoms with Crippen LogP contribution >= 0.6 is 11.6 Å². The molecule has 7 heteroatoms. The molecule has 180 valence electrons. The first-order valence-corrected chi connectivity index (χ1v) is 11.9. The Morgan fingerprint density at radius 2 is 1.74 bits per heavy atom. The van der Waals surface area contributed by atoms with E-state index in [1.165, 1.54) is 6.92 Å². The molecule has 0 aromatic heterocycles. The highest BCUT2D eigenvalue weighted by Crippen LogP contribution is 2.38. The van der Waals surface area contributed by atoms with Crippen molar-refractivity contribution in [1.29, 1.82) is 0 Å². The van der Waals surface area contributed by atoms with Crippen LogP contribution in [0.4, 0.5) is 11.4 Å². The van der Waals surface area contributed by atoms with Gasteiger partial charge in [-0.3, -0.25) is 14.4 Å². The van der Waals surface area contributed by atoms with Crippen LogP contribution in [0.15, 0.2) is 60.7 Å². The zero-order chi connectivity index (χ0) is 25.1. The van der Waals surface area contributed by atoms with E-state index in [-0.39, 0.29) is 17.8 Å². The van der Waals surface area contributed by atoms with Gasteiger partial charge in [-0.2, -0.15) is 0 Å². The molecule has 6 nitrogen and oxygen atoms in total. The molecule has 1 aliphatic heterocycles. The number of nitrogens with one attached hydrogen (secondary N) is 1. The second-order valence-electron chi connectivity index (χ2n) is 8.70. The molecule has 1 aliphatic rings. The van der Waals surface area contributed by atoms with E-state index < -0.39 is 6.10 Å². The van der Waals surface area contributed by atoms with E-state index in [9.17, 15) is 14.4 Å². The van der Waals surface area contributed by atoms with Crippen LogP contribution in [0.3, 0.4) is 0 Å². The molecule has 0 saturated carbocycles. The Hall–Kier alpha value is -3.64. The third-order valence-corrected chi connectivity index (χ3v) is 6.37. The van der Waals surface area contributed by atoms with Crippen molar-refractivity contribution in [3.05, 3.63) is 93.5 Å². The highest BCUT2D eigenvalue weighted by atomic mass is 35.5. The van der Waals surface area contributed by atoms with E-state index in [1.807, 2.05) is 32.0 Å². The number of benzene rings is 3. The first-order chi connectivity index (χ1) is 16.7. The molecular weight excluding hydrogens is 464 g/mol. The van der Waals surface area contributed by atoms with Crippen LogP contribution in [-0.4, -0.2) is 24.3 Å². The van der Waals surface area contributed by atoms with Crippen LogP contribution in [0, 0.1) is 13.8 Å². The van der Waals surface area contributed by atoms with E-state index in [2.05, 4.69) is 5.32 Å². The van der Waals surface area contributed by atoms with Gasteiger partial charge in [-0.1, -0.05) is 29.8 Å². The van der Waals surface area contributed by atoms with Gasteiger partial charge < -0.3 is 15.0 Å². The molecule has 0 aliphatic carbocycles. The lowest BCUT2D eigenvalue weighted by atomic mass is 10.0. The smallest absolute Gasteiger partial charge is 0.303 e. The number of aryl methyl sites for hydroxylation is 2. The number of halogens is 1. The van der Waals surface area contributed by atoms with Crippen molar-refractivity contribution in [2.24, 2.45) is 0 Å². The maximum Gasteiger partial charge on any atom is 0.303 e. The number of nitrogens with zero attached hydrogens (tertiary/aromatic N) is 1. The van der Waals surface area contributed by atoms with Crippen molar-refractivity contribution in [2.45, 2.75) is 39.7 Å². The van der Waals surface area contributed by atoms with E-state index in [0.29, 0.717) is 46.9 Å². The Labute approximate surface area is 209 Å². The van der Waals surface area contributed by atoms with Gasteiger partial charge in [0.25, 0.3) is 11.8 Å². The zero-order valence-corrected chi connectivity index (χ0v) is 20.7. The summed E-state index contributed by atoms with van der Waals surface area (Å²) in [6, 6.07) is 17.9. The third-order valence-electron chi connectivity index (χ3n) is 6.13. The zero-order valence-electron chi connectivity index (χ0n) is 19.9. The fourth-order valence-electron chi connectivity index (χ4n) is 4.43.